The molecule has 1 N–H and O–H groups in total. The average Bonchev–Trinajstić information content (AvgIpc) is 2.18. The molecule has 0 saturated carbocycles. The van der Waals surface area contributed by atoms with Crippen molar-refractivity contribution in [2.45, 2.75) is 6.18 Å². The van der Waals surface area contributed by atoms with E-state index in [0.717, 1.165) is 0 Å². The van der Waals surface area contributed by atoms with Crippen molar-refractivity contribution in [2.75, 3.05) is 0 Å². The second-order valence-electron chi connectivity index (χ2n) is 2.35. The summed E-state index contributed by atoms with van der Waals surface area (Å²) in [7, 11) is 0. The van der Waals surface area contributed by atoms with E-state index in [1.54, 1.807) is 18.3 Å². The van der Waals surface area contributed by atoms with Crippen molar-refractivity contribution in [3.05, 3.63) is 30.1 Å². The van der Waals surface area contributed by atoms with Crippen molar-refractivity contribution in [1.29, 1.82) is 0 Å². The lowest BCUT2D eigenvalue weighted by atomic mass is 10.3. The first kappa shape index (κ1) is 14.4. The van der Waals surface area contributed by atoms with Gasteiger partial charge >= 0.3 is 12.1 Å². The van der Waals surface area contributed by atoms with Crippen molar-refractivity contribution >= 4 is 23.7 Å². The molecule has 0 spiro atoms. The largest absolute Gasteiger partial charge is 0.490 e. The van der Waals surface area contributed by atoms with Crippen LogP contribution in [0.2, 0.25) is 0 Å². The fourth-order valence-corrected chi connectivity index (χ4v) is 0.622. The van der Waals surface area contributed by atoms with Crippen LogP contribution in [0.25, 0.3) is 0 Å². The van der Waals surface area contributed by atoms with Gasteiger partial charge in [-0.15, -0.1) is 12.6 Å². The summed E-state index contributed by atoms with van der Waals surface area (Å²) >= 11 is 3.61. The van der Waals surface area contributed by atoms with Crippen molar-refractivity contribution in [3.63, 3.8) is 0 Å². The zero-order valence-corrected chi connectivity index (χ0v) is 8.50. The average molecular weight is 253 g/mol. The van der Waals surface area contributed by atoms with Gasteiger partial charge in [0.2, 0.25) is 5.12 Å². The number of rotatable bonds is 1. The fourth-order valence-electron chi connectivity index (χ4n) is 0.489. The first-order valence-electron chi connectivity index (χ1n) is 3.68. The van der Waals surface area contributed by atoms with Crippen LogP contribution < -0.4 is 0 Å². The molecular weight excluding hydrogens is 247 g/mol. The maximum Gasteiger partial charge on any atom is 0.490 e. The zero-order chi connectivity index (χ0) is 12.8. The van der Waals surface area contributed by atoms with Crippen LogP contribution >= 0.6 is 12.6 Å². The molecule has 0 fully saturated rings. The predicted molar refractivity (Wildman–Crippen MR) is 51.2 cm³/mol. The molecule has 0 bridgehead atoms. The summed E-state index contributed by atoms with van der Waals surface area (Å²) in [4.78, 5) is 23.1. The van der Waals surface area contributed by atoms with Crippen molar-refractivity contribution in [2.24, 2.45) is 0 Å². The van der Waals surface area contributed by atoms with Crippen molar-refractivity contribution in [3.8, 4) is 0 Å². The molecule has 0 aromatic carbocycles. The molecule has 4 nitrogen and oxygen atoms in total. The highest BCUT2D eigenvalue weighted by Gasteiger charge is 2.38. The van der Waals surface area contributed by atoms with E-state index in [2.05, 4.69) is 17.6 Å². The van der Waals surface area contributed by atoms with E-state index in [4.69, 9.17) is 9.90 Å². The number of halogens is 3. The van der Waals surface area contributed by atoms with Crippen LogP contribution in [0.15, 0.2) is 24.5 Å². The van der Waals surface area contributed by atoms with Crippen LogP contribution in [0.5, 0.6) is 0 Å². The number of thiol groups is 1. The van der Waals surface area contributed by atoms with Gasteiger partial charge in [0.15, 0.2) is 0 Å². The van der Waals surface area contributed by atoms with Gasteiger partial charge in [-0.2, -0.15) is 13.2 Å². The molecule has 0 aliphatic carbocycles. The maximum atomic E-state index is 10.6. The number of carbonyl (C=O) groups is 2. The second-order valence-corrected chi connectivity index (χ2v) is 2.76. The summed E-state index contributed by atoms with van der Waals surface area (Å²) in [5.74, 6) is -2.76. The van der Waals surface area contributed by atoms with Gasteiger partial charge in [-0.1, -0.05) is 0 Å². The molecule has 0 aliphatic heterocycles. The highest BCUT2D eigenvalue weighted by atomic mass is 32.1. The van der Waals surface area contributed by atoms with Gasteiger partial charge < -0.3 is 5.11 Å². The van der Waals surface area contributed by atoms with Gasteiger partial charge in [0.1, 0.15) is 0 Å². The number of pyridine rings is 1. The molecule has 1 aromatic rings. The van der Waals surface area contributed by atoms with Crippen LogP contribution in [0.1, 0.15) is 10.4 Å². The number of nitrogens with zero attached hydrogens (tertiary/aromatic N) is 1. The Morgan fingerprint density at radius 3 is 2.06 bits per heavy atom. The number of carboxylic acids is 1. The predicted octanol–water partition coefficient (Wildman–Crippen LogP) is 1.78. The van der Waals surface area contributed by atoms with Crippen molar-refractivity contribution in [1.82, 2.24) is 4.98 Å². The SMILES string of the molecule is O=C(O)C(F)(F)F.O=C(S)c1cccnc1. The lowest BCUT2D eigenvalue weighted by Crippen LogP contribution is -2.21. The fraction of sp³-hybridized carbons (Fsp3) is 0.125. The Hall–Kier alpha value is -1.57. The van der Waals surface area contributed by atoms with E-state index in [1.807, 2.05) is 0 Å². The Kier molecular flexibility index (Phi) is 5.51. The summed E-state index contributed by atoms with van der Waals surface area (Å²) < 4.78 is 31.7. The number of hydrogen-bond donors (Lipinski definition) is 2. The molecule has 8 heteroatoms. The monoisotopic (exact) mass is 253 g/mol. The first-order valence-corrected chi connectivity index (χ1v) is 4.13. The zero-order valence-electron chi connectivity index (χ0n) is 7.60. The van der Waals surface area contributed by atoms with Gasteiger partial charge in [0, 0.05) is 18.0 Å². The van der Waals surface area contributed by atoms with Crippen molar-refractivity contribution < 1.29 is 27.9 Å². The van der Waals surface area contributed by atoms with E-state index in [1.165, 1.54) is 6.20 Å². The standard InChI is InChI=1S/C6H5NOS.C2HF3O2/c8-6(9)5-2-1-3-7-4-5;3-2(4,5)1(6)7/h1-4H,(H,8,9);(H,6,7). The van der Waals surface area contributed by atoms with Crippen LogP contribution in [0.4, 0.5) is 13.2 Å². The second kappa shape index (κ2) is 6.11. The van der Waals surface area contributed by atoms with Gasteiger partial charge in [0.25, 0.3) is 0 Å². The normalized spacial score (nSPS) is 10.0. The number of carboxylic acid groups (broad SMARTS) is 1. The van der Waals surface area contributed by atoms with Crippen LogP contribution in [0.3, 0.4) is 0 Å². The maximum absolute atomic E-state index is 10.6. The minimum atomic E-state index is -5.08. The number of hydrogen-bond acceptors (Lipinski definition) is 3. The van der Waals surface area contributed by atoms with Gasteiger partial charge in [0.05, 0.1) is 0 Å². The van der Waals surface area contributed by atoms with E-state index >= 15 is 0 Å². The Morgan fingerprint density at radius 2 is 1.88 bits per heavy atom. The van der Waals surface area contributed by atoms with E-state index in [9.17, 15) is 18.0 Å². The number of aromatic nitrogens is 1. The molecule has 0 unspecified atom stereocenters. The summed E-state index contributed by atoms with van der Waals surface area (Å²) in [5, 5.41) is 6.88. The van der Waals surface area contributed by atoms with Crippen LogP contribution in [-0.4, -0.2) is 27.4 Å². The van der Waals surface area contributed by atoms with Crippen LogP contribution in [-0.2, 0) is 4.79 Å². The quantitative estimate of drug-likeness (QED) is 0.749. The Morgan fingerprint density at radius 1 is 1.38 bits per heavy atom. The molecule has 1 aromatic heterocycles. The molecule has 0 amide bonds. The smallest absolute Gasteiger partial charge is 0.475 e. The van der Waals surface area contributed by atoms with Crippen LogP contribution in [0, 0.1) is 0 Å². The summed E-state index contributed by atoms with van der Waals surface area (Å²) in [6.45, 7) is 0. The lowest BCUT2D eigenvalue weighted by Gasteiger charge is -1.93. The Balaban J connectivity index is 0.000000293. The number of aliphatic carboxylic acids is 1. The third-order valence-corrected chi connectivity index (χ3v) is 1.41. The van der Waals surface area contributed by atoms with E-state index in [-0.39, 0.29) is 5.12 Å². The number of alkyl halides is 3. The number of carbonyl (C=O) groups excluding carboxylic acids is 1. The molecule has 0 saturated heterocycles. The minimum absolute atomic E-state index is 0.247. The molecule has 0 atom stereocenters. The Bertz CT molecular complexity index is 367. The molecule has 1 heterocycles. The van der Waals surface area contributed by atoms with E-state index in [0.29, 0.717) is 5.56 Å². The highest BCUT2D eigenvalue weighted by molar-refractivity contribution is 7.97. The first-order chi connectivity index (χ1) is 7.25. The highest BCUT2D eigenvalue weighted by Crippen LogP contribution is 2.13. The molecular formula is C8H6F3NO3S. The lowest BCUT2D eigenvalue weighted by molar-refractivity contribution is -0.192. The summed E-state index contributed by atoms with van der Waals surface area (Å²) in [6.07, 6.45) is -1.99. The molecule has 16 heavy (non-hydrogen) atoms. The third kappa shape index (κ3) is 6.02. The molecule has 0 aliphatic rings. The third-order valence-electron chi connectivity index (χ3n) is 1.15. The van der Waals surface area contributed by atoms with Gasteiger partial charge in [-0.3, -0.25) is 9.78 Å². The molecule has 88 valence electrons. The molecule has 0 radical (unpaired) electrons. The van der Waals surface area contributed by atoms with E-state index < -0.39 is 12.1 Å². The Labute approximate surface area is 93.5 Å². The topological polar surface area (TPSA) is 67.3 Å². The van der Waals surface area contributed by atoms with Gasteiger partial charge in [-0.05, 0) is 12.1 Å². The minimum Gasteiger partial charge on any atom is -0.475 e. The summed E-state index contributed by atoms with van der Waals surface area (Å²) in [6, 6.07) is 3.37. The summed E-state index contributed by atoms with van der Waals surface area (Å²) in [5.41, 5.74) is 0.529. The van der Waals surface area contributed by atoms with Gasteiger partial charge in [-0.25, -0.2) is 4.79 Å². The molecule has 1 rings (SSSR count).